The minimum atomic E-state index is -1.28. The molecule has 1 unspecified atom stereocenters. The van der Waals surface area contributed by atoms with E-state index in [4.69, 9.17) is 10.5 Å². The van der Waals surface area contributed by atoms with E-state index in [0.717, 1.165) is 17.4 Å². The van der Waals surface area contributed by atoms with Crippen LogP contribution in [0.5, 0.6) is 5.75 Å². The average Bonchev–Trinajstić information content (AvgIpc) is 2.86. The molecule has 0 spiro atoms. The SMILES string of the molecule is Nc1c(F)ccc(NC2COc3ccccc32)c1C(=O)O. The van der Waals surface area contributed by atoms with Crippen LogP contribution in [-0.2, 0) is 0 Å². The quantitative estimate of drug-likeness (QED) is 0.756. The molecule has 5 nitrogen and oxygen atoms in total. The van der Waals surface area contributed by atoms with Gasteiger partial charge >= 0.3 is 5.97 Å². The second-order valence-electron chi connectivity index (χ2n) is 4.73. The number of carboxylic acids is 1. The maximum Gasteiger partial charge on any atom is 0.340 e. The Morgan fingerprint density at radius 1 is 1.33 bits per heavy atom. The molecule has 0 amide bonds. The summed E-state index contributed by atoms with van der Waals surface area (Å²) in [7, 11) is 0. The zero-order chi connectivity index (χ0) is 15.0. The van der Waals surface area contributed by atoms with Gasteiger partial charge in [-0.25, -0.2) is 9.18 Å². The predicted molar refractivity (Wildman–Crippen MR) is 76.1 cm³/mol. The Morgan fingerprint density at radius 2 is 2.10 bits per heavy atom. The minimum Gasteiger partial charge on any atom is -0.491 e. The Bertz CT molecular complexity index is 718. The van der Waals surface area contributed by atoms with Crippen LogP contribution in [0.15, 0.2) is 36.4 Å². The molecule has 4 N–H and O–H groups in total. The smallest absolute Gasteiger partial charge is 0.340 e. The minimum absolute atomic E-state index is 0.204. The molecule has 6 heteroatoms. The lowest BCUT2D eigenvalue weighted by Gasteiger charge is -2.16. The summed E-state index contributed by atoms with van der Waals surface area (Å²) in [5.74, 6) is -1.27. The largest absolute Gasteiger partial charge is 0.491 e. The van der Waals surface area contributed by atoms with Gasteiger partial charge in [-0.3, -0.25) is 0 Å². The van der Waals surface area contributed by atoms with Crippen LogP contribution in [0.1, 0.15) is 22.0 Å². The van der Waals surface area contributed by atoms with Crippen molar-refractivity contribution in [3.63, 3.8) is 0 Å². The highest BCUT2D eigenvalue weighted by Crippen LogP contribution is 2.36. The first kappa shape index (κ1) is 13.2. The van der Waals surface area contributed by atoms with E-state index in [-0.39, 0.29) is 23.0 Å². The zero-order valence-electron chi connectivity index (χ0n) is 11.0. The molecule has 1 aliphatic heterocycles. The molecule has 0 saturated carbocycles. The second-order valence-corrected chi connectivity index (χ2v) is 4.73. The first-order chi connectivity index (χ1) is 10.1. The number of halogens is 1. The Kier molecular flexibility index (Phi) is 3.13. The maximum absolute atomic E-state index is 13.4. The van der Waals surface area contributed by atoms with E-state index in [0.29, 0.717) is 6.61 Å². The van der Waals surface area contributed by atoms with Gasteiger partial charge in [0.2, 0.25) is 0 Å². The molecule has 2 aromatic rings. The highest BCUT2D eigenvalue weighted by Gasteiger charge is 2.26. The Hall–Kier alpha value is -2.76. The number of fused-ring (bicyclic) bond motifs is 1. The summed E-state index contributed by atoms with van der Waals surface area (Å²) < 4.78 is 19.0. The fourth-order valence-electron chi connectivity index (χ4n) is 2.41. The van der Waals surface area contributed by atoms with Crippen LogP contribution >= 0.6 is 0 Å². The number of carboxylic acid groups (broad SMARTS) is 1. The van der Waals surface area contributed by atoms with Gasteiger partial charge in [-0.2, -0.15) is 0 Å². The number of hydrogen-bond donors (Lipinski definition) is 3. The summed E-state index contributed by atoms with van der Waals surface area (Å²) in [6, 6.07) is 9.78. The van der Waals surface area contributed by atoms with Gasteiger partial charge in [0.25, 0.3) is 0 Å². The topological polar surface area (TPSA) is 84.6 Å². The highest BCUT2D eigenvalue weighted by atomic mass is 19.1. The van der Waals surface area contributed by atoms with Gasteiger partial charge in [0.15, 0.2) is 0 Å². The van der Waals surface area contributed by atoms with Crippen LogP contribution < -0.4 is 15.8 Å². The Balaban J connectivity index is 1.97. The summed E-state index contributed by atoms with van der Waals surface area (Å²) in [6.07, 6.45) is 0. The van der Waals surface area contributed by atoms with E-state index in [1.165, 1.54) is 6.07 Å². The van der Waals surface area contributed by atoms with E-state index >= 15 is 0 Å². The normalized spacial score (nSPS) is 16.1. The number of para-hydroxylation sites is 1. The molecule has 0 radical (unpaired) electrons. The van der Waals surface area contributed by atoms with Crippen molar-refractivity contribution in [3.05, 3.63) is 53.3 Å². The molecule has 3 rings (SSSR count). The number of ether oxygens (including phenoxy) is 1. The van der Waals surface area contributed by atoms with E-state index in [9.17, 15) is 14.3 Å². The summed E-state index contributed by atoms with van der Waals surface area (Å²) in [4.78, 5) is 11.3. The lowest BCUT2D eigenvalue weighted by atomic mass is 10.1. The molecule has 21 heavy (non-hydrogen) atoms. The molecule has 1 heterocycles. The van der Waals surface area contributed by atoms with Crippen molar-refractivity contribution in [1.82, 2.24) is 0 Å². The first-order valence-corrected chi connectivity index (χ1v) is 6.37. The van der Waals surface area contributed by atoms with Crippen molar-refractivity contribution < 1.29 is 19.0 Å². The van der Waals surface area contributed by atoms with E-state index < -0.39 is 11.8 Å². The van der Waals surface area contributed by atoms with Gasteiger partial charge in [0.05, 0.1) is 17.4 Å². The fraction of sp³-hybridized carbons (Fsp3) is 0.133. The molecule has 2 aromatic carbocycles. The van der Waals surface area contributed by atoms with Gasteiger partial charge in [0, 0.05) is 5.56 Å². The number of nitrogens with one attached hydrogen (secondary N) is 1. The monoisotopic (exact) mass is 288 g/mol. The van der Waals surface area contributed by atoms with Crippen molar-refractivity contribution in [2.24, 2.45) is 0 Å². The van der Waals surface area contributed by atoms with Crippen LogP contribution in [0.4, 0.5) is 15.8 Å². The summed E-state index contributed by atoms with van der Waals surface area (Å²) in [5.41, 5.74) is 6.08. The van der Waals surface area contributed by atoms with Crippen LogP contribution in [0.25, 0.3) is 0 Å². The Morgan fingerprint density at radius 3 is 2.86 bits per heavy atom. The second kappa shape index (κ2) is 4.97. The van der Waals surface area contributed by atoms with Crippen LogP contribution in [0.2, 0.25) is 0 Å². The Labute approximate surface area is 120 Å². The maximum atomic E-state index is 13.4. The molecule has 108 valence electrons. The van der Waals surface area contributed by atoms with Gasteiger partial charge in [0.1, 0.15) is 23.7 Å². The molecule has 0 aromatic heterocycles. The van der Waals surface area contributed by atoms with Crippen LogP contribution in [0, 0.1) is 5.82 Å². The van der Waals surface area contributed by atoms with E-state index in [2.05, 4.69) is 5.32 Å². The van der Waals surface area contributed by atoms with Gasteiger partial charge in [-0.1, -0.05) is 18.2 Å². The third-order valence-corrected chi connectivity index (χ3v) is 3.44. The van der Waals surface area contributed by atoms with Gasteiger partial charge in [-0.15, -0.1) is 0 Å². The molecule has 1 atom stereocenters. The molecular formula is C15H13FN2O3. The number of aromatic carboxylic acids is 1. The highest BCUT2D eigenvalue weighted by molar-refractivity contribution is 6.00. The molecular weight excluding hydrogens is 275 g/mol. The first-order valence-electron chi connectivity index (χ1n) is 6.37. The van der Waals surface area contributed by atoms with Gasteiger partial charge in [-0.05, 0) is 18.2 Å². The molecule has 0 bridgehead atoms. The fourth-order valence-corrected chi connectivity index (χ4v) is 2.41. The number of benzene rings is 2. The van der Waals surface area contributed by atoms with E-state index in [1.54, 1.807) is 0 Å². The standard InChI is InChI=1S/C15H13FN2O3/c16-9-5-6-10(13(14(9)17)15(19)20)18-11-7-21-12-4-2-1-3-8(11)12/h1-6,11,18H,7,17H2,(H,19,20). The van der Waals surface area contributed by atoms with Crippen molar-refractivity contribution in [3.8, 4) is 5.75 Å². The zero-order valence-corrected chi connectivity index (χ0v) is 11.0. The van der Waals surface area contributed by atoms with Crippen LogP contribution in [-0.4, -0.2) is 17.7 Å². The number of nitrogens with two attached hydrogens (primary N) is 1. The van der Waals surface area contributed by atoms with Crippen molar-refractivity contribution >= 4 is 17.3 Å². The van der Waals surface area contributed by atoms with E-state index in [1.807, 2.05) is 24.3 Å². The number of rotatable bonds is 3. The van der Waals surface area contributed by atoms with Crippen molar-refractivity contribution in [2.45, 2.75) is 6.04 Å². The van der Waals surface area contributed by atoms with Crippen molar-refractivity contribution in [2.75, 3.05) is 17.7 Å². The molecule has 0 saturated heterocycles. The third kappa shape index (κ3) is 2.24. The molecule has 0 fully saturated rings. The summed E-state index contributed by atoms with van der Waals surface area (Å²) in [5, 5.41) is 12.3. The predicted octanol–water partition coefficient (Wildman–Crippen LogP) is 2.65. The average molecular weight is 288 g/mol. The molecule has 1 aliphatic rings. The van der Waals surface area contributed by atoms with Gasteiger partial charge < -0.3 is 20.9 Å². The number of nitrogen functional groups attached to an aromatic ring is 1. The summed E-state index contributed by atoms with van der Waals surface area (Å²) in [6.45, 7) is 0.371. The number of anilines is 2. The molecule has 0 aliphatic carbocycles. The number of hydrogen-bond acceptors (Lipinski definition) is 4. The lowest BCUT2D eigenvalue weighted by molar-refractivity contribution is 0.0698. The van der Waals surface area contributed by atoms with Crippen LogP contribution in [0.3, 0.4) is 0 Å². The number of carbonyl (C=O) groups is 1. The lowest BCUT2D eigenvalue weighted by Crippen LogP contribution is -2.16. The summed E-state index contributed by atoms with van der Waals surface area (Å²) >= 11 is 0. The van der Waals surface area contributed by atoms with Crippen molar-refractivity contribution in [1.29, 1.82) is 0 Å². The third-order valence-electron chi connectivity index (χ3n) is 3.44.